The van der Waals surface area contributed by atoms with E-state index in [1.807, 2.05) is 55.5 Å². The van der Waals surface area contributed by atoms with Crippen molar-refractivity contribution < 1.29 is 9.32 Å². The van der Waals surface area contributed by atoms with Crippen molar-refractivity contribution in [2.24, 2.45) is 0 Å². The molecule has 1 aliphatic heterocycles. The minimum atomic E-state index is -0.205. The highest BCUT2D eigenvalue weighted by Gasteiger charge is 2.34. The van der Waals surface area contributed by atoms with E-state index in [0.717, 1.165) is 28.6 Å². The molecule has 2 aromatic carbocycles. The molecule has 0 spiro atoms. The van der Waals surface area contributed by atoms with E-state index in [2.05, 4.69) is 31.4 Å². The van der Waals surface area contributed by atoms with Crippen LogP contribution < -0.4 is 5.32 Å². The first-order valence-electron chi connectivity index (χ1n) is 8.84. The number of urea groups is 1. The molecule has 1 unspecified atom stereocenters. The maximum Gasteiger partial charge on any atom is 0.322 e. The third-order valence-electron chi connectivity index (χ3n) is 4.63. The fourth-order valence-corrected chi connectivity index (χ4v) is 3.62. The maximum absolute atomic E-state index is 12.7. The number of halogens is 1. The van der Waals surface area contributed by atoms with Crippen molar-refractivity contribution in [3.8, 4) is 11.4 Å². The Morgan fingerprint density at radius 2 is 2.07 bits per heavy atom. The number of hydrogen-bond donors (Lipinski definition) is 1. The van der Waals surface area contributed by atoms with Gasteiger partial charge in [-0.25, -0.2) is 4.79 Å². The van der Waals surface area contributed by atoms with E-state index in [9.17, 15) is 4.79 Å². The number of nitrogens with one attached hydrogen (secondary N) is 1. The Balaban J connectivity index is 1.51. The molecule has 2 heterocycles. The van der Waals surface area contributed by atoms with Gasteiger partial charge in [0.05, 0.1) is 0 Å². The normalized spacial score (nSPS) is 16.5. The summed E-state index contributed by atoms with van der Waals surface area (Å²) in [5, 5.41) is 7.04. The summed E-state index contributed by atoms with van der Waals surface area (Å²) in [6.45, 7) is 2.69. The molecule has 2 amide bonds. The number of aryl methyl sites for hydroxylation is 1. The Morgan fingerprint density at radius 1 is 1.26 bits per heavy atom. The number of nitrogens with zero attached hydrogens (tertiary/aromatic N) is 3. The van der Waals surface area contributed by atoms with Crippen LogP contribution in [0.3, 0.4) is 0 Å². The molecule has 138 valence electrons. The molecule has 27 heavy (non-hydrogen) atoms. The summed E-state index contributed by atoms with van der Waals surface area (Å²) in [6.07, 6.45) is 1.71. The molecule has 1 fully saturated rings. The zero-order valence-corrected chi connectivity index (χ0v) is 16.4. The highest BCUT2D eigenvalue weighted by Crippen LogP contribution is 2.32. The van der Waals surface area contributed by atoms with Gasteiger partial charge in [-0.3, -0.25) is 0 Å². The minimum absolute atomic E-state index is 0.161. The number of carbonyl (C=O) groups is 1. The van der Waals surface area contributed by atoms with E-state index >= 15 is 0 Å². The van der Waals surface area contributed by atoms with E-state index < -0.39 is 0 Å². The van der Waals surface area contributed by atoms with Crippen molar-refractivity contribution in [1.82, 2.24) is 15.0 Å². The van der Waals surface area contributed by atoms with Gasteiger partial charge in [0.1, 0.15) is 6.04 Å². The van der Waals surface area contributed by atoms with Crippen molar-refractivity contribution in [3.63, 3.8) is 0 Å². The highest BCUT2D eigenvalue weighted by molar-refractivity contribution is 9.10. The molecule has 0 aliphatic carbocycles. The lowest BCUT2D eigenvalue weighted by molar-refractivity contribution is 0.193. The van der Waals surface area contributed by atoms with Gasteiger partial charge in [-0.1, -0.05) is 57.0 Å². The number of anilines is 1. The summed E-state index contributed by atoms with van der Waals surface area (Å²) in [7, 11) is 0. The van der Waals surface area contributed by atoms with Crippen LogP contribution >= 0.6 is 15.9 Å². The average Bonchev–Trinajstić information content (AvgIpc) is 3.31. The topological polar surface area (TPSA) is 71.3 Å². The quantitative estimate of drug-likeness (QED) is 0.626. The molecule has 1 N–H and O–H groups in total. The third kappa shape index (κ3) is 3.88. The second kappa shape index (κ2) is 7.52. The van der Waals surface area contributed by atoms with Crippen LogP contribution in [-0.2, 0) is 0 Å². The Kier molecular flexibility index (Phi) is 4.94. The molecule has 0 saturated carbocycles. The Bertz CT molecular complexity index is 955. The van der Waals surface area contributed by atoms with Gasteiger partial charge in [-0.15, -0.1) is 0 Å². The SMILES string of the molecule is Cc1ccc(-c2noc(C3CCCN3C(=O)Nc3cccc(Br)c3)n2)cc1. The molecule has 4 rings (SSSR count). The van der Waals surface area contributed by atoms with Crippen LogP contribution in [0.2, 0.25) is 0 Å². The number of benzene rings is 2. The van der Waals surface area contributed by atoms with Gasteiger partial charge < -0.3 is 14.7 Å². The molecule has 1 aliphatic rings. The van der Waals surface area contributed by atoms with Gasteiger partial charge in [0.25, 0.3) is 0 Å². The smallest absolute Gasteiger partial charge is 0.322 e. The van der Waals surface area contributed by atoms with Crippen LogP contribution in [0.25, 0.3) is 11.4 Å². The number of amides is 2. The number of rotatable bonds is 3. The zero-order valence-electron chi connectivity index (χ0n) is 14.9. The largest absolute Gasteiger partial charge is 0.337 e. The molecule has 0 radical (unpaired) electrons. The zero-order chi connectivity index (χ0) is 18.8. The monoisotopic (exact) mass is 426 g/mol. The fraction of sp³-hybridized carbons (Fsp3) is 0.250. The number of hydrogen-bond acceptors (Lipinski definition) is 4. The van der Waals surface area contributed by atoms with Gasteiger partial charge in [0, 0.05) is 22.3 Å². The number of likely N-dealkylation sites (tertiary alicyclic amines) is 1. The molecule has 3 aromatic rings. The first-order chi connectivity index (χ1) is 13.1. The maximum atomic E-state index is 12.7. The second-order valence-electron chi connectivity index (χ2n) is 6.61. The van der Waals surface area contributed by atoms with E-state index in [4.69, 9.17) is 4.52 Å². The molecule has 6 nitrogen and oxygen atoms in total. The number of carbonyl (C=O) groups excluding carboxylic acids is 1. The van der Waals surface area contributed by atoms with Crippen LogP contribution in [0.1, 0.15) is 30.3 Å². The lowest BCUT2D eigenvalue weighted by Crippen LogP contribution is -2.34. The van der Waals surface area contributed by atoms with Gasteiger partial charge >= 0.3 is 6.03 Å². The van der Waals surface area contributed by atoms with E-state index in [0.29, 0.717) is 18.3 Å². The summed E-state index contributed by atoms with van der Waals surface area (Å²) in [6, 6.07) is 15.1. The standard InChI is InChI=1S/C20H19BrN4O2/c1-13-7-9-14(10-8-13)18-23-19(27-24-18)17-6-3-11-25(17)20(26)22-16-5-2-4-15(21)12-16/h2,4-5,7-10,12,17H,3,6,11H2,1H3,(H,22,26). The predicted octanol–water partition coefficient (Wildman–Crippen LogP) is 5.18. The van der Waals surface area contributed by atoms with Gasteiger partial charge in [-0.2, -0.15) is 4.98 Å². The first-order valence-corrected chi connectivity index (χ1v) is 9.63. The highest BCUT2D eigenvalue weighted by atomic mass is 79.9. The lowest BCUT2D eigenvalue weighted by Gasteiger charge is -2.22. The third-order valence-corrected chi connectivity index (χ3v) is 5.12. The van der Waals surface area contributed by atoms with E-state index in [-0.39, 0.29) is 12.1 Å². The average molecular weight is 427 g/mol. The molecular formula is C20H19BrN4O2. The molecule has 0 bridgehead atoms. The molecule has 1 atom stereocenters. The molecule has 1 saturated heterocycles. The predicted molar refractivity (Wildman–Crippen MR) is 106 cm³/mol. The van der Waals surface area contributed by atoms with Crippen LogP contribution in [0.5, 0.6) is 0 Å². The summed E-state index contributed by atoms with van der Waals surface area (Å²) in [5.41, 5.74) is 2.82. The van der Waals surface area contributed by atoms with Crippen molar-refractivity contribution in [2.45, 2.75) is 25.8 Å². The first kappa shape index (κ1) is 17.7. The molecule has 1 aromatic heterocycles. The van der Waals surface area contributed by atoms with E-state index in [1.54, 1.807) is 4.90 Å². The van der Waals surface area contributed by atoms with Crippen LogP contribution in [0.4, 0.5) is 10.5 Å². The van der Waals surface area contributed by atoms with Crippen molar-refractivity contribution in [3.05, 3.63) is 64.5 Å². The van der Waals surface area contributed by atoms with E-state index in [1.165, 1.54) is 5.56 Å². The van der Waals surface area contributed by atoms with Gasteiger partial charge in [-0.05, 0) is 38.0 Å². The molecular weight excluding hydrogens is 408 g/mol. The van der Waals surface area contributed by atoms with Crippen LogP contribution in [0.15, 0.2) is 57.5 Å². The Hall–Kier alpha value is -2.67. The fourth-order valence-electron chi connectivity index (χ4n) is 3.22. The minimum Gasteiger partial charge on any atom is -0.337 e. The van der Waals surface area contributed by atoms with Crippen molar-refractivity contribution in [2.75, 3.05) is 11.9 Å². The van der Waals surface area contributed by atoms with Crippen molar-refractivity contribution >= 4 is 27.6 Å². The Labute approximate surface area is 165 Å². The summed E-state index contributed by atoms with van der Waals surface area (Å²) in [4.78, 5) is 19.0. The second-order valence-corrected chi connectivity index (χ2v) is 7.53. The van der Waals surface area contributed by atoms with Gasteiger partial charge in [0.2, 0.25) is 11.7 Å². The summed E-state index contributed by atoms with van der Waals surface area (Å²) in [5.74, 6) is 1.02. The number of aromatic nitrogens is 2. The van der Waals surface area contributed by atoms with Gasteiger partial charge in [0.15, 0.2) is 0 Å². The van der Waals surface area contributed by atoms with Crippen molar-refractivity contribution in [1.29, 1.82) is 0 Å². The van der Waals surface area contributed by atoms with Crippen LogP contribution in [-0.4, -0.2) is 27.6 Å². The summed E-state index contributed by atoms with van der Waals surface area (Å²) >= 11 is 3.42. The summed E-state index contributed by atoms with van der Waals surface area (Å²) < 4.78 is 6.41. The molecule has 7 heteroatoms. The van der Waals surface area contributed by atoms with Crippen LogP contribution in [0, 0.1) is 6.92 Å². The lowest BCUT2D eigenvalue weighted by atomic mass is 10.1. The Morgan fingerprint density at radius 3 is 2.85 bits per heavy atom.